The maximum Gasteiger partial charge on any atom is 0.239 e. The minimum atomic E-state index is -0.114. The summed E-state index contributed by atoms with van der Waals surface area (Å²) in [5.41, 5.74) is 1.03. The zero-order valence-corrected chi connectivity index (χ0v) is 15.5. The molecule has 0 aromatic heterocycles. The highest BCUT2D eigenvalue weighted by molar-refractivity contribution is 5.84. The third-order valence-electron chi connectivity index (χ3n) is 4.62. The molecule has 2 amide bonds. The van der Waals surface area contributed by atoms with Gasteiger partial charge in [0.25, 0.3) is 0 Å². The van der Waals surface area contributed by atoms with Crippen LogP contribution < -0.4 is 10.1 Å². The lowest BCUT2D eigenvalue weighted by atomic mass is 10.0. The zero-order valence-electron chi connectivity index (χ0n) is 15.5. The van der Waals surface area contributed by atoms with Gasteiger partial charge in [-0.1, -0.05) is 24.6 Å². The van der Waals surface area contributed by atoms with Gasteiger partial charge in [-0.25, -0.2) is 0 Å². The number of likely N-dealkylation sites (N-methyl/N-ethyl adjacent to an activating group) is 1. The molecule has 6 heteroatoms. The highest BCUT2D eigenvalue weighted by atomic mass is 16.5. The summed E-state index contributed by atoms with van der Waals surface area (Å²) in [6.07, 6.45) is 3.50. The predicted molar refractivity (Wildman–Crippen MR) is 97.5 cm³/mol. The van der Waals surface area contributed by atoms with E-state index in [1.807, 2.05) is 38.4 Å². The summed E-state index contributed by atoms with van der Waals surface area (Å²) in [5, 5.41) is 2.97. The van der Waals surface area contributed by atoms with E-state index in [-0.39, 0.29) is 24.4 Å². The van der Waals surface area contributed by atoms with Gasteiger partial charge in [-0.2, -0.15) is 0 Å². The van der Waals surface area contributed by atoms with E-state index in [1.165, 1.54) is 0 Å². The SMILES string of the molecule is COc1ccccc1C(CNC(=O)CN1CCCCCC1=O)N(C)C. The van der Waals surface area contributed by atoms with E-state index in [2.05, 4.69) is 10.2 Å². The Bertz CT molecular complexity index is 589. The molecule has 0 spiro atoms. The van der Waals surface area contributed by atoms with Crippen LogP contribution in [0.1, 0.15) is 37.3 Å². The molecule has 138 valence electrons. The number of hydrogen-bond acceptors (Lipinski definition) is 4. The number of hydrogen-bond donors (Lipinski definition) is 1. The molecule has 1 saturated heterocycles. The Hall–Kier alpha value is -2.08. The highest BCUT2D eigenvalue weighted by Gasteiger charge is 2.22. The fourth-order valence-corrected chi connectivity index (χ4v) is 3.16. The molecule has 1 fully saturated rings. The van der Waals surface area contributed by atoms with Gasteiger partial charge in [0.15, 0.2) is 0 Å². The summed E-state index contributed by atoms with van der Waals surface area (Å²) in [6.45, 7) is 1.29. The Morgan fingerprint density at radius 3 is 2.76 bits per heavy atom. The zero-order chi connectivity index (χ0) is 18.2. The predicted octanol–water partition coefficient (Wildman–Crippen LogP) is 1.82. The average molecular weight is 347 g/mol. The number of nitrogens with one attached hydrogen (secondary N) is 1. The first-order chi connectivity index (χ1) is 12.0. The fraction of sp³-hybridized carbons (Fsp3) is 0.579. The monoisotopic (exact) mass is 347 g/mol. The molecular weight excluding hydrogens is 318 g/mol. The minimum Gasteiger partial charge on any atom is -0.496 e. The number of carbonyl (C=O) groups excluding carboxylic acids is 2. The van der Waals surface area contributed by atoms with Crippen molar-refractivity contribution in [2.45, 2.75) is 31.7 Å². The van der Waals surface area contributed by atoms with Crippen LogP contribution in [0, 0.1) is 0 Å². The molecule has 1 aromatic rings. The van der Waals surface area contributed by atoms with Gasteiger partial charge in [0.2, 0.25) is 11.8 Å². The Kier molecular flexibility index (Phi) is 7.25. The van der Waals surface area contributed by atoms with Crippen molar-refractivity contribution in [3.8, 4) is 5.75 Å². The third-order valence-corrected chi connectivity index (χ3v) is 4.62. The first-order valence-corrected chi connectivity index (χ1v) is 8.86. The number of likely N-dealkylation sites (tertiary alicyclic amines) is 1. The van der Waals surface area contributed by atoms with Gasteiger partial charge in [0, 0.05) is 25.1 Å². The molecule has 0 bridgehead atoms. The van der Waals surface area contributed by atoms with E-state index in [1.54, 1.807) is 12.0 Å². The number of benzene rings is 1. The lowest BCUT2D eigenvalue weighted by molar-refractivity contribution is -0.135. The van der Waals surface area contributed by atoms with E-state index in [0.717, 1.165) is 30.6 Å². The number of para-hydroxylation sites is 1. The topological polar surface area (TPSA) is 61.9 Å². The molecule has 6 nitrogen and oxygen atoms in total. The van der Waals surface area contributed by atoms with Crippen molar-refractivity contribution < 1.29 is 14.3 Å². The van der Waals surface area contributed by atoms with Gasteiger partial charge in [-0.05, 0) is 33.0 Å². The molecule has 0 saturated carbocycles. The van der Waals surface area contributed by atoms with Crippen molar-refractivity contribution in [1.82, 2.24) is 15.1 Å². The molecule has 1 unspecified atom stereocenters. The minimum absolute atomic E-state index is 0.0000600. The van der Waals surface area contributed by atoms with Crippen molar-refractivity contribution in [1.29, 1.82) is 0 Å². The van der Waals surface area contributed by atoms with E-state index in [4.69, 9.17) is 4.74 Å². The van der Waals surface area contributed by atoms with Crippen LogP contribution >= 0.6 is 0 Å². The van der Waals surface area contributed by atoms with E-state index in [0.29, 0.717) is 19.5 Å². The lowest BCUT2D eigenvalue weighted by Crippen LogP contribution is -2.42. The largest absolute Gasteiger partial charge is 0.496 e. The van der Waals surface area contributed by atoms with Crippen molar-refractivity contribution in [3.05, 3.63) is 29.8 Å². The summed E-state index contributed by atoms with van der Waals surface area (Å²) in [5.74, 6) is 0.775. The Labute approximate surface area is 150 Å². The van der Waals surface area contributed by atoms with Crippen LogP contribution in [0.25, 0.3) is 0 Å². The molecule has 25 heavy (non-hydrogen) atoms. The number of amides is 2. The first kappa shape index (κ1) is 19.2. The Morgan fingerprint density at radius 1 is 1.28 bits per heavy atom. The number of nitrogens with zero attached hydrogens (tertiary/aromatic N) is 2. The molecule has 1 aromatic carbocycles. The van der Waals surface area contributed by atoms with Crippen molar-refractivity contribution in [2.24, 2.45) is 0 Å². The van der Waals surface area contributed by atoms with Gasteiger partial charge in [0.1, 0.15) is 5.75 Å². The van der Waals surface area contributed by atoms with Crippen LogP contribution in [0.15, 0.2) is 24.3 Å². The van der Waals surface area contributed by atoms with Gasteiger partial charge in [-0.15, -0.1) is 0 Å². The van der Waals surface area contributed by atoms with Crippen LogP contribution in [0.3, 0.4) is 0 Å². The van der Waals surface area contributed by atoms with Crippen LogP contribution in [0.2, 0.25) is 0 Å². The Balaban J connectivity index is 1.96. The molecule has 1 aliphatic rings. The maximum atomic E-state index is 12.3. The second kappa shape index (κ2) is 9.42. The molecule has 1 N–H and O–H groups in total. The third kappa shape index (κ3) is 5.46. The van der Waals surface area contributed by atoms with Crippen LogP contribution in [0.5, 0.6) is 5.75 Å². The summed E-state index contributed by atoms with van der Waals surface area (Å²) in [6, 6.07) is 7.82. The van der Waals surface area contributed by atoms with E-state index < -0.39 is 0 Å². The van der Waals surface area contributed by atoms with Crippen LogP contribution in [-0.4, -0.2) is 62.5 Å². The standard InChI is InChI=1S/C19H29N3O3/c1-21(2)16(15-9-6-7-10-17(15)25-3)13-20-18(23)14-22-12-8-4-5-11-19(22)24/h6-7,9-10,16H,4-5,8,11-14H2,1-3H3,(H,20,23). The maximum absolute atomic E-state index is 12.3. The molecule has 1 heterocycles. The van der Waals surface area contributed by atoms with E-state index in [9.17, 15) is 9.59 Å². The lowest BCUT2D eigenvalue weighted by Gasteiger charge is -2.27. The average Bonchev–Trinajstić information content (AvgIpc) is 2.80. The molecular formula is C19H29N3O3. The molecule has 0 aliphatic carbocycles. The summed E-state index contributed by atoms with van der Waals surface area (Å²) >= 11 is 0. The van der Waals surface area contributed by atoms with Crippen LogP contribution in [-0.2, 0) is 9.59 Å². The van der Waals surface area contributed by atoms with Crippen molar-refractivity contribution in [2.75, 3.05) is 40.8 Å². The summed E-state index contributed by atoms with van der Waals surface area (Å²) in [7, 11) is 5.60. The van der Waals surface area contributed by atoms with Crippen LogP contribution in [0.4, 0.5) is 0 Å². The summed E-state index contributed by atoms with van der Waals surface area (Å²) < 4.78 is 5.44. The van der Waals surface area contributed by atoms with Gasteiger partial charge >= 0.3 is 0 Å². The fourth-order valence-electron chi connectivity index (χ4n) is 3.16. The second-order valence-corrected chi connectivity index (χ2v) is 6.65. The summed E-state index contributed by atoms with van der Waals surface area (Å²) in [4.78, 5) is 28.1. The smallest absolute Gasteiger partial charge is 0.239 e. The van der Waals surface area contributed by atoms with Gasteiger partial charge in [-0.3, -0.25) is 9.59 Å². The highest BCUT2D eigenvalue weighted by Crippen LogP contribution is 2.27. The number of methoxy groups -OCH3 is 1. The quantitative estimate of drug-likeness (QED) is 0.817. The number of rotatable bonds is 7. The number of ether oxygens (including phenoxy) is 1. The van der Waals surface area contributed by atoms with Gasteiger partial charge < -0.3 is 19.9 Å². The van der Waals surface area contributed by atoms with Crippen molar-refractivity contribution in [3.63, 3.8) is 0 Å². The Morgan fingerprint density at radius 2 is 2.04 bits per heavy atom. The normalized spacial score (nSPS) is 16.5. The van der Waals surface area contributed by atoms with E-state index >= 15 is 0 Å². The molecule has 2 rings (SSSR count). The molecule has 0 radical (unpaired) electrons. The molecule has 1 atom stereocenters. The van der Waals surface area contributed by atoms with Crippen molar-refractivity contribution >= 4 is 11.8 Å². The second-order valence-electron chi connectivity index (χ2n) is 6.65. The first-order valence-electron chi connectivity index (χ1n) is 8.86. The molecule has 1 aliphatic heterocycles. The number of carbonyl (C=O) groups is 2. The van der Waals surface area contributed by atoms with Gasteiger partial charge in [0.05, 0.1) is 19.7 Å².